The highest BCUT2D eigenvalue weighted by molar-refractivity contribution is 7.92. The van der Waals surface area contributed by atoms with Crippen LogP contribution in [-0.4, -0.2) is 68.1 Å². The van der Waals surface area contributed by atoms with Gasteiger partial charge in [0.2, 0.25) is 0 Å². The minimum absolute atomic E-state index is 0.0857. The predicted molar refractivity (Wildman–Crippen MR) is 174 cm³/mol. The molecule has 1 amide bonds. The van der Waals surface area contributed by atoms with Crippen molar-refractivity contribution in [3.8, 4) is 17.2 Å². The van der Waals surface area contributed by atoms with Crippen LogP contribution in [0.15, 0.2) is 102 Å². The fraction of sp³-hybridized carbons (Fsp3) is 0.286. The largest absolute Gasteiger partial charge is 0.486 e. The van der Waals surface area contributed by atoms with Crippen LogP contribution in [0.4, 0.5) is 10.1 Å². The van der Waals surface area contributed by atoms with E-state index >= 15 is 0 Å². The van der Waals surface area contributed by atoms with Crippen LogP contribution >= 0.6 is 0 Å². The Morgan fingerprint density at radius 1 is 1.00 bits per heavy atom. The second kappa shape index (κ2) is 14.3. The van der Waals surface area contributed by atoms with Gasteiger partial charge in [-0.3, -0.25) is 14.4 Å². The number of amides is 1. The van der Waals surface area contributed by atoms with Gasteiger partial charge in [-0.1, -0.05) is 43.3 Å². The first-order valence-electron chi connectivity index (χ1n) is 15.0. The molecule has 0 aliphatic carbocycles. The van der Waals surface area contributed by atoms with E-state index < -0.39 is 28.0 Å². The van der Waals surface area contributed by atoms with Crippen molar-refractivity contribution in [1.29, 1.82) is 0 Å². The highest BCUT2D eigenvalue weighted by atomic mass is 32.2. The average Bonchev–Trinajstić information content (AvgIpc) is 3.04. The van der Waals surface area contributed by atoms with Crippen LogP contribution in [0.3, 0.4) is 0 Å². The van der Waals surface area contributed by atoms with Gasteiger partial charge in [0.1, 0.15) is 23.4 Å². The molecular weight excluding hydrogens is 609 g/mol. The second-order valence-corrected chi connectivity index (χ2v) is 13.3. The molecule has 9 nitrogen and oxygen atoms in total. The Balaban J connectivity index is 1.39. The monoisotopic (exact) mass is 647 g/mol. The molecule has 0 saturated carbocycles. The zero-order valence-corrected chi connectivity index (χ0v) is 26.8. The molecule has 0 radical (unpaired) electrons. The van der Waals surface area contributed by atoms with Crippen molar-refractivity contribution in [3.63, 3.8) is 0 Å². The van der Waals surface area contributed by atoms with Crippen LogP contribution in [0.2, 0.25) is 0 Å². The topological polar surface area (TPSA) is 108 Å². The van der Waals surface area contributed by atoms with E-state index in [1.54, 1.807) is 24.0 Å². The molecule has 4 aromatic rings. The highest BCUT2D eigenvalue weighted by Crippen LogP contribution is 2.36. The van der Waals surface area contributed by atoms with Gasteiger partial charge in [0, 0.05) is 25.6 Å². The number of halogens is 1. The van der Waals surface area contributed by atoms with Gasteiger partial charge in [-0.05, 0) is 80.2 Å². The number of para-hydroxylation sites is 2. The summed E-state index contributed by atoms with van der Waals surface area (Å²) >= 11 is 0. The molecule has 1 aliphatic rings. The summed E-state index contributed by atoms with van der Waals surface area (Å²) in [5, 5.41) is 9.97. The van der Waals surface area contributed by atoms with E-state index in [4.69, 9.17) is 9.47 Å². The van der Waals surface area contributed by atoms with Crippen molar-refractivity contribution in [2.24, 2.45) is 5.92 Å². The van der Waals surface area contributed by atoms with Gasteiger partial charge in [0.25, 0.3) is 15.9 Å². The standard InChI is InChI=1S/C35H38FN3O6S/c1-24-20-39(25(2)23-40)35(41)31-10-7-11-32(37-46(42,43)30-18-14-27(36)15-19-30)34(31)45-33(24)22-38(3)21-26-12-16-29(17-13-26)44-28-8-5-4-6-9-28/h4-19,24-25,33,37,40H,20-23H2,1-3H3/t24-,25+,33-/m0/s1. The first kappa shape index (κ1) is 32.9. The molecule has 0 bridgehead atoms. The molecule has 0 aromatic heterocycles. The van der Waals surface area contributed by atoms with Crippen molar-refractivity contribution in [2.45, 2.75) is 37.4 Å². The Morgan fingerprint density at radius 3 is 2.35 bits per heavy atom. The summed E-state index contributed by atoms with van der Waals surface area (Å²) in [5.41, 5.74) is 1.32. The summed E-state index contributed by atoms with van der Waals surface area (Å²) in [6, 6.07) is 26.1. The first-order chi connectivity index (χ1) is 22.0. The summed E-state index contributed by atoms with van der Waals surface area (Å²) in [6.45, 7) is 4.88. The average molecular weight is 648 g/mol. The molecule has 0 spiro atoms. The maximum Gasteiger partial charge on any atom is 0.262 e. The van der Waals surface area contributed by atoms with Gasteiger partial charge in [-0.2, -0.15) is 0 Å². The highest BCUT2D eigenvalue weighted by Gasteiger charge is 2.35. The van der Waals surface area contributed by atoms with Gasteiger partial charge in [-0.15, -0.1) is 0 Å². The lowest BCUT2D eigenvalue weighted by Crippen LogP contribution is -2.49. The normalized spacial score (nSPS) is 17.4. The molecule has 5 rings (SSSR count). The molecule has 11 heteroatoms. The smallest absolute Gasteiger partial charge is 0.262 e. The van der Waals surface area contributed by atoms with Crippen molar-refractivity contribution >= 4 is 21.6 Å². The zero-order chi connectivity index (χ0) is 32.8. The maximum atomic E-state index is 13.8. The molecule has 1 aliphatic heterocycles. The third-order valence-electron chi connectivity index (χ3n) is 7.91. The third-order valence-corrected chi connectivity index (χ3v) is 9.29. The second-order valence-electron chi connectivity index (χ2n) is 11.6. The number of sulfonamides is 1. The lowest BCUT2D eigenvalue weighted by molar-refractivity contribution is 0.0344. The van der Waals surface area contributed by atoms with Crippen LogP contribution in [-0.2, 0) is 16.6 Å². The molecule has 4 aromatic carbocycles. The molecule has 242 valence electrons. The number of fused-ring (bicyclic) bond motifs is 1. The van der Waals surface area contributed by atoms with E-state index in [1.165, 1.54) is 18.2 Å². The van der Waals surface area contributed by atoms with E-state index in [1.807, 2.05) is 68.6 Å². The Bertz CT molecular complexity index is 1740. The number of carbonyl (C=O) groups is 1. The van der Waals surface area contributed by atoms with E-state index in [0.29, 0.717) is 19.6 Å². The number of hydrogen-bond acceptors (Lipinski definition) is 7. The summed E-state index contributed by atoms with van der Waals surface area (Å²) < 4.78 is 55.0. The van der Waals surface area contributed by atoms with E-state index in [2.05, 4.69) is 9.62 Å². The van der Waals surface area contributed by atoms with Gasteiger partial charge < -0.3 is 19.5 Å². The van der Waals surface area contributed by atoms with Crippen molar-refractivity contribution in [2.75, 3.05) is 31.5 Å². The first-order valence-corrected chi connectivity index (χ1v) is 16.5. The number of carbonyl (C=O) groups excluding carboxylic acids is 1. The Morgan fingerprint density at radius 2 is 1.67 bits per heavy atom. The van der Waals surface area contributed by atoms with E-state index in [0.717, 1.165) is 29.2 Å². The number of likely N-dealkylation sites (N-methyl/N-ethyl adjacent to an activating group) is 1. The Hall–Kier alpha value is -4.45. The van der Waals surface area contributed by atoms with E-state index in [-0.39, 0.29) is 40.3 Å². The van der Waals surface area contributed by atoms with Gasteiger partial charge >= 0.3 is 0 Å². The van der Waals surface area contributed by atoms with Crippen molar-refractivity contribution < 1.29 is 32.2 Å². The van der Waals surface area contributed by atoms with Gasteiger partial charge in [-0.25, -0.2) is 12.8 Å². The maximum absolute atomic E-state index is 13.8. The van der Waals surface area contributed by atoms with Crippen LogP contribution in [0.5, 0.6) is 17.2 Å². The van der Waals surface area contributed by atoms with Crippen molar-refractivity contribution in [1.82, 2.24) is 9.80 Å². The molecular formula is C35H38FN3O6S. The van der Waals surface area contributed by atoms with E-state index in [9.17, 15) is 22.7 Å². The minimum Gasteiger partial charge on any atom is -0.486 e. The quantitative estimate of drug-likeness (QED) is 0.213. The molecule has 46 heavy (non-hydrogen) atoms. The number of rotatable bonds is 11. The number of ether oxygens (including phenoxy) is 2. The van der Waals surface area contributed by atoms with Crippen molar-refractivity contribution in [3.05, 3.63) is 114 Å². The molecule has 0 fully saturated rings. The number of anilines is 1. The fourth-order valence-corrected chi connectivity index (χ4v) is 6.39. The molecule has 0 unspecified atom stereocenters. The molecule has 3 atom stereocenters. The summed E-state index contributed by atoms with van der Waals surface area (Å²) in [6.07, 6.45) is -0.456. The molecule has 2 N–H and O–H groups in total. The van der Waals surface area contributed by atoms with Crippen LogP contribution in [0.1, 0.15) is 29.8 Å². The number of aliphatic hydroxyl groups excluding tert-OH is 1. The number of hydrogen-bond donors (Lipinski definition) is 2. The number of nitrogens with one attached hydrogen (secondary N) is 1. The fourth-order valence-electron chi connectivity index (χ4n) is 5.33. The van der Waals surface area contributed by atoms with Gasteiger partial charge in [0.15, 0.2) is 5.75 Å². The number of benzene rings is 4. The molecule has 0 saturated heterocycles. The molecule has 1 heterocycles. The van der Waals surface area contributed by atoms with Crippen LogP contribution < -0.4 is 14.2 Å². The summed E-state index contributed by atoms with van der Waals surface area (Å²) in [4.78, 5) is 17.3. The minimum atomic E-state index is -4.14. The van der Waals surface area contributed by atoms with Gasteiger partial charge in [0.05, 0.1) is 28.8 Å². The summed E-state index contributed by atoms with van der Waals surface area (Å²) in [5.74, 6) is 0.455. The Kier molecular flexibility index (Phi) is 10.3. The SMILES string of the molecule is C[C@H](CO)N1C[C@H](C)[C@H](CN(C)Cc2ccc(Oc3ccccc3)cc2)Oc2c(NS(=O)(=O)c3ccc(F)cc3)cccc2C1=O. The number of nitrogens with zero attached hydrogens (tertiary/aromatic N) is 2. The predicted octanol–water partition coefficient (Wildman–Crippen LogP) is 5.77. The lowest BCUT2D eigenvalue weighted by atomic mass is 9.99. The zero-order valence-electron chi connectivity index (χ0n) is 26.0. The van der Waals surface area contributed by atoms with Crippen LogP contribution in [0, 0.1) is 11.7 Å². The Labute approximate surface area is 269 Å². The number of aliphatic hydroxyl groups is 1. The van der Waals surface area contributed by atoms with Crippen LogP contribution in [0.25, 0.3) is 0 Å². The lowest BCUT2D eigenvalue weighted by Gasteiger charge is -2.38. The third kappa shape index (κ3) is 7.85. The summed E-state index contributed by atoms with van der Waals surface area (Å²) in [7, 11) is -2.17.